The van der Waals surface area contributed by atoms with Crippen molar-refractivity contribution in [1.82, 2.24) is 14.7 Å². The van der Waals surface area contributed by atoms with E-state index in [1.807, 2.05) is 35.8 Å². The second kappa shape index (κ2) is 6.11. The molecule has 0 aliphatic heterocycles. The first-order chi connectivity index (χ1) is 9.78. The van der Waals surface area contributed by atoms with Gasteiger partial charge >= 0.3 is 0 Å². The van der Waals surface area contributed by atoms with Crippen LogP contribution in [0.5, 0.6) is 11.6 Å². The molecule has 0 spiro atoms. The molecule has 3 aromatic rings. The highest BCUT2D eigenvalue weighted by atomic mass is 127. The summed E-state index contributed by atoms with van der Waals surface area (Å²) >= 11 is 3.89. The monoisotopic (exact) mass is 399 g/mol. The lowest BCUT2D eigenvalue weighted by Crippen LogP contribution is -2.13. The number of thiazole rings is 1. The van der Waals surface area contributed by atoms with Crippen molar-refractivity contribution in [2.75, 3.05) is 6.54 Å². The number of hydrogen-bond donors (Lipinski definition) is 1. The lowest BCUT2D eigenvalue weighted by molar-refractivity contribution is 0.455. The highest BCUT2D eigenvalue weighted by Crippen LogP contribution is 2.28. The third kappa shape index (κ3) is 2.82. The summed E-state index contributed by atoms with van der Waals surface area (Å²) in [7, 11) is 0. The number of imidazole rings is 1. The van der Waals surface area contributed by atoms with Crippen molar-refractivity contribution in [3.05, 3.63) is 45.1 Å². The normalized spacial score (nSPS) is 11.1. The third-order valence-electron chi connectivity index (χ3n) is 2.88. The van der Waals surface area contributed by atoms with Gasteiger partial charge in [0.15, 0.2) is 4.96 Å². The number of nitrogens with one attached hydrogen (secondary N) is 1. The Hall–Kier alpha value is -1.12. The lowest BCUT2D eigenvalue weighted by Gasteiger charge is -2.07. The van der Waals surface area contributed by atoms with Crippen LogP contribution in [-0.2, 0) is 6.54 Å². The van der Waals surface area contributed by atoms with E-state index in [4.69, 9.17) is 4.74 Å². The third-order valence-corrected chi connectivity index (χ3v) is 4.30. The quantitative estimate of drug-likeness (QED) is 0.662. The first-order valence-corrected chi connectivity index (χ1v) is 8.32. The summed E-state index contributed by atoms with van der Waals surface area (Å²) in [5.74, 6) is 1.50. The van der Waals surface area contributed by atoms with Crippen LogP contribution in [0.3, 0.4) is 0 Å². The van der Waals surface area contributed by atoms with Crippen LogP contribution < -0.4 is 10.1 Å². The number of benzene rings is 1. The van der Waals surface area contributed by atoms with Crippen molar-refractivity contribution in [3.8, 4) is 11.6 Å². The first kappa shape index (κ1) is 13.8. The van der Waals surface area contributed by atoms with Gasteiger partial charge in [0, 0.05) is 21.7 Å². The maximum Gasteiger partial charge on any atom is 0.243 e. The molecule has 1 aromatic carbocycles. The van der Waals surface area contributed by atoms with Gasteiger partial charge < -0.3 is 10.1 Å². The maximum atomic E-state index is 5.96. The van der Waals surface area contributed by atoms with Crippen LogP contribution >= 0.6 is 33.9 Å². The van der Waals surface area contributed by atoms with Crippen LogP contribution in [0.25, 0.3) is 4.96 Å². The number of ether oxygens (including phenoxy) is 1. The topological polar surface area (TPSA) is 38.6 Å². The molecule has 2 heterocycles. The number of aromatic nitrogens is 2. The molecule has 0 radical (unpaired) electrons. The standard InChI is InChI=1S/C14H14IN3OS/c1-2-16-9-12-13(17-14-18(12)6-7-20-14)19-11-5-3-4-10(15)8-11/h3-8,16H,2,9H2,1H3. The SMILES string of the molecule is CCNCc1c(Oc2cccc(I)c2)nc2sccn12. The van der Waals surface area contributed by atoms with Crippen LogP contribution in [-0.4, -0.2) is 15.9 Å². The smallest absolute Gasteiger partial charge is 0.243 e. The summed E-state index contributed by atoms with van der Waals surface area (Å²) in [6.07, 6.45) is 2.03. The summed E-state index contributed by atoms with van der Waals surface area (Å²) in [4.78, 5) is 5.52. The van der Waals surface area contributed by atoms with E-state index in [2.05, 4.69) is 44.2 Å². The van der Waals surface area contributed by atoms with Crippen LogP contribution in [0.1, 0.15) is 12.6 Å². The molecule has 0 aliphatic carbocycles. The largest absolute Gasteiger partial charge is 0.437 e. The molecule has 4 nitrogen and oxygen atoms in total. The Morgan fingerprint density at radius 2 is 2.35 bits per heavy atom. The van der Waals surface area contributed by atoms with Crippen LogP contribution in [0.2, 0.25) is 0 Å². The molecule has 0 fully saturated rings. The van der Waals surface area contributed by atoms with Gasteiger partial charge in [-0.3, -0.25) is 4.40 Å². The first-order valence-electron chi connectivity index (χ1n) is 6.36. The molecule has 0 saturated heterocycles. The Balaban J connectivity index is 1.95. The molecule has 20 heavy (non-hydrogen) atoms. The minimum absolute atomic E-state index is 0.680. The summed E-state index contributed by atoms with van der Waals surface area (Å²) in [6.45, 7) is 3.75. The zero-order valence-corrected chi connectivity index (χ0v) is 13.9. The van der Waals surface area contributed by atoms with Gasteiger partial charge in [0.1, 0.15) is 11.4 Å². The molecule has 0 unspecified atom stereocenters. The van der Waals surface area contributed by atoms with Crippen molar-refractivity contribution >= 4 is 38.9 Å². The fourth-order valence-corrected chi connectivity index (χ4v) is 3.18. The molecule has 0 bridgehead atoms. The second-order valence-electron chi connectivity index (χ2n) is 4.26. The van der Waals surface area contributed by atoms with E-state index in [9.17, 15) is 0 Å². The molecular weight excluding hydrogens is 385 g/mol. The van der Waals surface area contributed by atoms with Crippen LogP contribution in [0.4, 0.5) is 0 Å². The highest BCUT2D eigenvalue weighted by molar-refractivity contribution is 14.1. The lowest BCUT2D eigenvalue weighted by atomic mass is 10.3. The number of nitrogens with zero attached hydrogens (tertiary/aromatic N) is 2. The minimum atomic E-state index is 0.680. The molecule has 0 saturated carbocycles. The summed E-state index contributed by atoms with van der Waals surface area (Å²) in [6, 6.07) is 7.98. The second-order valence-corrected chi connectivity index (χ2v) is 6.38. The van der Waals surface area contributed by atoms with E-state index in [1.54, 1.807) is 11.3 Å². The van der Waals surface area contributed by atoms with Crippen molar-refractivity contribution in [3.63, 3.8) is 0 Å². The zero-order chi connectivity index (χ0) is 13.9. The van der Waals surface area contributed by atoms with E-state index >= 15 is 0 Å². The highest BCUT2D eigenvalue weighted by Gasteiger charge is 2.14. The van der Waals surface area contributed by atoms with Gasteiger partial charge in [-0.1, -0.05) is 13.0 Å². The Morgan fingerprint density at radius 1 is 1.45 bits per heavy atom. The fraction of sp³-hybridized carbons (Fsp3) is 0.214. The van der Waals surface area contributed by atoms with Gasteiger partial charge in [0.2, 0.25) is 5.88 Å². The molecule has 0 amide bonds. The number of rotatable bonds is 5. The molecule has 104 valence electrons. The maximum absolute atomic E-state index is 5.96. The predicted molar refractivity (Wildman–Crippen MR) is 89.7 cm³/mol. The van der Waals surface area contributed by atoms with Gasteiger partial charge in [-0.15, -0.1) is 11.3 Å². The van der Waals surface area contributed by atoms with Gasteiger partial charge in [-0.05, 0) is 47.3 Å². The average Bonchev–Trinajstić information content (AvgIpc) is 2.98. The summed E-state index contributed by atoms with van der Waals surface area (Å²) in [5.41, 5.74) is 1.06. The Kier molecular flexibility index (Phi) is 4.23. The molecule has 3 rings (SSSR count). The average molecular weight is 399 g/mol. The minimum Gasteiger partial charge on any atom is -0.437 e. The molecule has 1 N–H and O–H groups in total. The van der Waals surface area contributed by atoms with E-state index in [1.165, 1.54) is 0 Å². The van der Waals surface area contributed by atoms with Crippen molar-refractivity contribution in [2.24, 2.45) is 0 Å². The van der Waals surface area contributed by atoms with Gasteiger partial charge in [0.25, 0.3) is 0 Å². The van der Waals surface area contributed by atoms with Crippen molar-refractivity contribution in [1.29, 1.82) is 0 Å². The Morgan fingerprint density at radius 3 is 3.15 bits per heavy atom. The molecule has 2 aromatic heterocycles. The Bertz CT molecular complexity index is 722. The molecule has 6 heteroatoms. The summed E-state index contributed by atoms with van der Waals surface area (Å²) < 4.78 is 9.19. The van der Waals surface area contributed by atoms with E-state index in [0.29, 0.717) is 5.88 Å². The van der Waals surface area contributed by atoms with Crippen molar-refractivity contribution in [2.45, 2.75) is 13.5 Å². The van der Waals surface area contributed by atoms with E-state index in [-0.39, 0.29) is 0 Å². The van der Waals surface area contributed by atoms with E-state index in [0.717, 1.165) is 33.1 Å². The van der Waals surface area contributed by atoms with Gasteiger partial charge in [-0.25, -0.2) is 0 Å². The zero-order valence-electron chi connectivity index (χ0n) is 11.0. The molecule has 0 aliphatic rings. The number of hydrogen-bond acceptors (Lipinski definition) is 4. The van der Waals surface area contributed by atoms with E-state index < -0.39 is 0 Å². The fourth-order valence-electron chi connectivity index (χ4n) is 1.94. The van der Waals surface area contributed by atoms with Gasteiger partial charge in [-0.2, -0.15) is 4.98 Å². The molecule has 0 atom stereocenters. The van der Waals surface area contributed by atoms with Crippen molar-refractivity contribution < 1.29 is 4.74 Å². The predicted octanol–water partition coefficient (Wildman–Crippen LogP) is 3.90. The summed E-state index contributed by atoms with van der Waals surface area (Å²) in [5, 5.41) is 5.37. The van der Waals surface area contributed by atoms with Gasteiger partial charge in [0.05, 0.1) is 0 Å². The Labute approximate surface area is 134 Å². The molecular formula is C14H14IN3OS. The number of fused-ring (bicyclic) bond motifs is 1. The van der Waals surface area contributed by atoms with Crippen LogP contribution in [0, 0.1) is 3.57 Å². The van der Waals surface area contributed by atoms with Crippen LogP contribution in [0.15, 0.2) is 35.8 Å². The number of halogens is 1.